The summed E-state index contributed by atoms with van der Waals surface area (Å²) in [6.07, 6.45) is 10.8. The molecular weight excluding hydrogens is 266 g/mol. The molecular formula is C16H27N3O2. The van der Waals surface area contributed by atoms with Crippen LogP contribution < -0.4 is 5.73 Å². The Morgan fingerprint density at radius 1 is 1.05 bits per heavy atom. The van der Waals surface area contributed by atoms with Gasteiger partial charge in [-0.15, -0.1) is 0 Å². The summed E-state index contributed by atoms with van der Waals surface area (Å²) in [7, 11) is 0. The van der Waals surface area contributed by atoms with E-state index in [-0.39, 0.29) is 5.41 Å². The Hall–Kier alpha value is -0.940. The maximum Gasteiger partial charge on any atom is 0.234 e. The Bertz CT molecular complexity index is 432. The third-order valence-corrected chi connectivity index (χ3v) is 5.21. The van der Waals surface area contributed by atoms with Crippen LogP contribution >= 0.6 is 0 Å². The van der Waals surface area contributed by atoms with Gasteiger partial charge in [-0.25, -0.2) is 0 Å². The van der Waals surface area contributed by atoms with Gasteiger partial charge < -0.3 is 15.0 Å². The lowest BCUT2D eigenvalue weighted by atomic mass is 9.80. The average Bonchev–Trinajstić information content (AvgIpc) is 2.98. The highest BCUT2D eigenvalue weighted by atomic mass is 16.5. The highest BCUT2D eigenvalue weighted by molar-refractivity contribution is 5.09. The normalized spacial score (nSPS) is 24.4. The van der Waals surface area contributed by atoms with Gasteiger partial charge in [-0.1, -0.05) is 37.3 Å². The van der Waals surface area contributed by atoms with E-state index < -0.39 is 0 Å². The average molecular weight is 293 g/mol. The summed E-state index contributed by atoms with van der Waals surface area (Å²) >= 11 is 0. The van der Waals surface area contributed by atoms with Crippen LogP contribution in [0.5, 0.6) is 0 Å². The molecule has 1 aromatic rings. The fourth-order valence-electron chi connectivity index (χ4n) is 3.60. The zero-order valence-corrected chi connectivity index (χ0v) is 12.9. The monoisotopic (exact) mass is 293 g/mol. The lowest BCUT2D eigenvalue weighted by Gasteiger charge is -2.32. The molecule has 5 nitrogen and oxygen atoms in total. The molecule has 0 spiro atoms. The maximum atomic E-state index is 6.02. The van der Waals surface area contributed by atoms with Crippen molar-refractivity contribution in [3.8, 4) is 0 Å². The van der Waals surface area contributed by atoms with Gasteiger partial charge in [0.1, 0.15) is 0 Å². The summed E-state index contributed by atoms with van der Waals surface area (Å²) in [6, 6.07) is 0. The second-order valence-electron chi connectivity index (χ2n) is 6.60. The fraction of sp³-hybridized carbons (Fsp3) is 0.875. The van der Waals surface area contributed by atoms with E-state index in [0.717, 1.165) is 37.8 Å². The molecule has 1 aliphatic carbocycles. The quantitative estimate of drug-likeness (QED) is 0.927. The number of nitrogens with two attached hydrogens (primary N) is 1. The first-order valence-electron chi connectivity index (χ1n) is 8.46. The van der Waals surface area contributed by atoms with E-state index in [0.29, 0.717) is 12.5 Å². The number of hydrogen-bond donors (Lipinski definition) is 1. The summed E-state index contributed by atoms with van der Waals surface area (Å²) in [5.74, 6) is 2.12. The zero-order valence-electron chi connectivity index (χ0n) is 12.9. The van der Waals surface area contributed by atoms with Crippen molar-refractivity contribution in [2.45, 2.75) is 69.1 Å². The van der Waals surface area contributed by atoms with E-state index in [9.17, 15) is 0 Å². The van der Waals surface area contributed by atoms with Crippen LogP contribution in [-0.2, 0) is 10.2 Å². The summed E-state index contributed by atoms with van der Waals surface area (Å²) in [6.45, 7) is 2.03. The standard InChI is InChI=1S/C16H27N3O2/c17-12-16(8-10-20-11-9-16)15-18-14(19-21-15)13-6-4-2-1-3-5-7-13/h13H,1-12,17H2. The molecule has 0 atom stereocenters. The molecule has 2 N–H and O–H groups in total. The van der Waals surface area contributed by atoms with Gasteiger partial charge in [-0.3, -0.25) is 0 Å². The summed E-state index contributed by atoms with van der Waals surface area (Å²) in [5.41, 5.74) is 5.86. The Labute approximate surface area is 126 Å². The van der Waals surface area contributed by atoms with Gasteiger partial charge in [0.2, 0.25) is 5.89 Å². The number of nitrogens with zero attached hydrogens (tertiary/aromatic N) is 2. The van der Waals surface area contributed by atoms with Crippen molar-refractivity contribution in [3.63, 3.8) is 0 Å². The highest BCUT2D eigenvalue weighted by Gasteiger charge is 2.39. The number of ether oxygens (including phenoxy) is 1. The molecule has 0 radical (unpaired) electrons. The molecule has 2 aliphatic rings. The molecule has 0 bridgehead atoms. The molecule has 0 unspecified atom stereocenters. The van der Waals surface area contributed by atoms with Crippen molar-refractivity contribution in [1.82, 2.24) is 10.1 Å². The topological polar surface area (TPSA) is 74.2 Å². The lowest BCUT2D eigenvalue weighted by molar-refractivity contribution is 0.0409. The van der Waals surface area contributed by atoms with E-state index in [1.165, 1.54) is 44.9 Å². The van der Waals surface area contributed by atoms with E-state index in [1.54, 1.807) is 0 Å². The molecule has 0 aromatic carbocycles. The molecule has 3 rings (SSSR count). The molecule has 1 saturated heterocycles. The smallest absolute Gasteiger partial charge is 0.234 e. The SMILES string of the molecule is NCC1(c2nc(C3CCCCCCC3)no2)CCOCC1. The second kappa shape index (κ2) is 6.88. The molecule has 21 heavy (non-hydrogen) atoms. The number of aromatic nitrogens is 2. The first kappa shape index (κ1) is 15.0. The van der Waals surface area contributed by atoms with Gasteiger partial charge >= 0.3 is 0 Å². The van der Waals surface area contributed by atoms with Crippen molar-refractivity contribution in [1.29, 1.82) is 0 Å². The molecule has 5 heteroatoms. The predicted octanol–water partition coefficient (Wildman–Crippen LogP) is 2.90. The van der Waals surface area contributed by atoms with Crippen LogP contribution in [0.25, 0.3) is 0 Å². The molecule has 1 aromatic heterocycles. The minimum Gasteiger partial charge on any atom is -0.381 e. The van der Waals surface area contributed by atoms with Crippen LogP contribution in [0.1, 0.15) is 75.4 Å². The van der Waals surface area contributed by atoms with Crippen LogP contribution in [-0.4, -0.2) is 29.9 Å². The first-order chi connectivity index (χ1) is 10.3. The molecule has 1 saturated carbocycles. The van der Waals surface area contributed by atoms with Crippen molar-refractivity contribution < 1.29 is 9.26 Å². The Balaban J connectivity index is 1.75. The molecule has 0 amide bonds. The van der Waals surface area contributed by atoms with E-state index >= 15 is 0 Å². The zero-order chi connectivity index (χ0) is 14.5. The minimum absolute atomic E-state index is 0.162. The van der Waals surface area contributed by atoms with Crippen molar-refractivity contribution in [2.24, 2.45) is 5.73 Å². The van der Waals surface area contributed by atoms with Gasteiger partial charge in [0, 0.05) is 25.7 Å². The third kappa shape index (κ3) is 3.29. The number of rotatable bonds is 3. The number of hydrogen-bond acceptors (Lipinski definition) is 5. The molecule has 1 aliphatic heterocycles. The lowest BCUT2D eigenvalue weighted by Crippen LogP contribution is -2.41. The van der Waals surface area contributed by atoms with Gasteiger partial charge in [0.15, 0.2) is 5.82 Å². The largest absolute Gasteiger partial charge is 0.381 e. The van der Waals surface area contributed by atoms with Gasteiger partial charge in [0.05, 0.1) is 5.41 Å². The van der Waals surface area contributed by atoms with Gasteiger partial charge in [-0.05, 0) is 25.7 Å². The van der Waals surface area contributed by atoms with Crippen molar-refractivity contribution in [2.75, 3.05) is 19.8 Å². The summed E-state index contributed by atoms with van der Waals surface area (Å²) in [5, 5.41) is 4.30. The summed E-state index contributed by atoms with van der Waals surface area (Å²) in [4.78, 5) is 4.76. The van der Waals surface area contributed by atoms with E-state index in [4.69, 9.17) is 20.0 Å². The van der Waals surface area contributed by atoms with Crippen molar-refractivity contribution in [3.05, 3.63) is 11.7 Å². The van der Waals surface area contributed by atoms with Crippen LogP contribution in [0, 0.1) is 0 Å². The van der Waals surface area contributed by atoms with Crippen LogP contribution in [0.15, 0.2) is 4.52 Å². The molecule has 118 valence electrons. The van der Waals surface area contributed by atoms with Crippen LogP contribution in [0.3, 0.4) is 0 Å². The second-order valence-corrected chi connectivity index (χ2v) is 6.60. The predicted molar refractivity (Wildman–Crippen MR) is 80.1 cm³/mol. The van der Waals surface area contributed by atoms with Crippen LogP contribution in [0.4, 0.5) is 0 Å². The Morgan fingerprint density at radius 2 is 1.71 bits per heavy atom. The maximum absolute atomic E-state index is 6.02. The fourth-order valence-corrected chi connectivity index (χ4v) is 3.60. The van der Waals surface area contributed by atoms with E-state index in [2.05, 4.69) is 5.16 Å². The molecule has 2 heterocycles. The summed E-state index contributed by atoms with van der Waals surface area (Å²) < 4.78 is 11.1. The van der Waals surface area contributed by atoms with Gasteiger partial charge in [-0.2, -0.15) is 4.98 Å². The Morgan fingerprint density at radius 3 is 2.38 bits per heavy atom. The minimum atomic E-state index is -0.162. The molecule has 2 fully saturated rings. The Kier molecular flexibility index (Phi) is 4.91. The van der Waals surface area contributed by atoms with Crippen LogP contribution in [0.2, 0.25) is 0 Å². The first-order valence-corrected chi connectivity index (χ1v) is 8.46. The highest BCUT2D eigenvalue weighted by Crippen LogP contribution is 2.35. The third-order valence-electron chi connectivity index (χ3n) is 5.21. The van der Waals surface area contributed by atoms with Crippen molar-refractivity contribution >= 4 is 0 Å². The van der Waals surface area contributed by atoms with E-state index in [1.807, 2.05) is 0 Å². The van der Waals surface area contributed by atoms with Gasteiger partial charge in [0.25, 0.3) is 0 Å².